The number of nitriles is 1. The van der Waals surface area contributed by atoms with Gasteiger partial charge in [0.05, 0.1) is 51.6 Å². The molecule has 10 aromatic carbocycles. The zero-order chi connectivity index (χ0) is 44.1. The SMILES string of the molecule is [C-]#[N+]c1ccc(-n2c3ccc(-c4ccccc4)cc3c3cc(-c4ccccc4)ccc32)c(-c2ccc(C#N)cc2-n2c3ccc(-c4ccccc4)cc3c3cc(-c4ccccc4)ccc32)c1. The van der Waals surface area contributed by atoms with Crippen LogP contribution in [0.2, 0.25) is 0 Å². The number of aromatic nitrogens is 2. The van der Waals surface area contributed by atoms with E-state index in [0.29, 0.717) is 11.3 Å². The Morgan fingerprint density at radius 2 is 0.712 bits per heavy atom. The summed E-state index contributed by atoms with van der Waals surface area (Å²) in [6.07, 6.45) is 0. The first-order valence-corrected chi connectivity index (χ1v) is 22.1. The second-order valence-corrected chi connectivity index (χ2v) is 16.7. The Labute approximate surface area is 382 Å². The minimum Gasteiger partial charge on any atom is -0.309 e. The van der Waals surface area contributed by atoms with Gasteiger partial charge >= 0.3 is 0 Å². The Morgan fingerprint density at radius 3 is 1.08 bits per heavy atom. The quantitative estimate of drug-likeness (QED) is 0.147. The fourth-order valence-electron chi connectivity index (χ4n) is 9.82. The molecule has 2 aromatic heterocycles. The molecule has 0 unspecified atom stereocenters. The normalized spacial score (nSPS) is 11.3. The summed E-state index contributed by atoms with van der Waals surface area (Å²) in [7, 11) is 0. The lowest BCUT2D eigenvalue weighted by Gasteiger charge is -2.19. The highest BCUT2D eigenvalue weighted by Gasteiger charge is 2.23. The first-order valence-electron chi connectivity index (χ1n) is 22.1. The average molecular weight is 839 g/mol. The van der Waals surface area contributed by atoms with Gasteiger partial charge in [-0.2, -0.15) is 5.26 Å². The second kappa shape index (κ2) is 15.8. The summed E-state index contributed by atoms with van der Waals surface area (Å²) in [4.78, 5) is 3.98. The van der Waals surface area contributed by atoms with Gasteiger partial charge in [-0.05, 0) is 123 Å². The monoisotopic (exact) mass is 838 g/mol. The van der Waals surface area contributed by atoms with E-state index < -0.39 is 0 Å². The van der Waals surface area contributed by atoms with Crippen molar-refractivity contribution < 1.29 is 0 Å². The van der Waals surface area contributed by atoms with Gasteiger partial charge in [0.1, 0.15) is 0 Å². The van der Waals surface area contributed by atoms with E-state index in [-0.39, 0.29) is 0 Å². The molecule has 4 heteroatoms. The zero-order valence-electron chi connectivity index (χ0n) is 35.7. The summed E-state index contributed by atoms with van der Waals surface area (Å²) in [5.74, 6) is 0. The van der Waals surface area contributed by atoms with E-state index in [4.69, 9.17) is 6.57 Å². The highest BCUT2D eigenvalue weighted by Crippen LogP contribution is 2.44. The Morgan fingerprint density at radius 1 is 0.333 bits per heavy atom. The lowest BCUT2D eigenvalue weighted by molar-refractivity contribution is 1.16. The van der Waals surface area contributed by atoms with Crippen molar-refractivity contribution in [2.75, 3.05) is 0 Å². The molecule has 0 fully saturated rings. The summed E-state index contributed by atoms with van der Waals surface area (Å²) in [5, 5.41) is 15.0. The third-order valence-electron chi connectivity index (χ3n) is 13.0. The van der Waals surface area contributed by atoms with Gasteiger partial charge in [0, 0.05) is 27.1 Å². The van der Waals surface area contributed by atoms with Crippen LogP contribution >= 0.6 is 0 Å². The van der Waals surface area contributed by atoms with Crippen LogP contribution in [0.25, 0.3) is 115 Å². The molecule has 0 aliphatic rings. The van der Waals surface area contributed by atoms with Gasteiger partial charge in [0.15, 0.2) is 5.69 Å². The molecule has 0 atom stereocenters. The predicted molar refractivity (Wildman–Crippen MR) is 273 cm³/mol. The van der Waals surface area contributed by atoms with E-state index in [0.717, 1.165) is 111 Å². The molecule has 12 rings (SSSR count). The number of fused-ring (bicyclic) bond motifs is 6. The molecule has 2 heterocycles. The molecule has 0 aliphatic carbocycles. The zero-order valence-corrected chi connectivity index (χ0v) is 35.7. The summed E-state index contributed by atoms with van der Waals surface area (Å²) >= 11 is 0. The maximum Gasteiger partial charge on any atom is 0.188 e. The molecular weight excluding hydrogens is 801 g/mol. The van der Waals surface area contributed by atoms with E-state index in [1.54, 1.807) is 0 Å². The van der Waals surface area contributed by atoms with Crippen LogP contribution < -0.4 is 0 Å². The number of nitrogens with zero attached hydrogens (tertiary/aromatic N) is 4. The molecule has 0 amide bonds. The van der Waals surface area contributed by atoms with Gasteiger partial charge in [-0.25, -0.2) is 4.85 Å². The largest absolute Gasteiger partial charge is 0.309 e. The van der Waals surface area contributed by atoms with Crippen LogP contribution in [0.1, 0.15) is 5.56 Å². The minimum absolute atomic E-state index is 0.532. The molecule has 0 radical (unpaired) electrons. The summed E-state index contributed by atoms with van der Waals surface area (Å²) in [5.41, 5.74) is 18.0. The lowest BCUT2D eigenvalue weighted by atomic mass is 9.98. The smallest absolute Gasteiger partial charge is 0.188 e. The number of benzene rings is 10. The van der Waals surface area contributed by atoms with E-state index in [1.807, 2.05) is 36.4 Å². The highest BCUT2D eigenvalue weighted by atomic mass is 15.0. The molecular formula is C62H38N4. The van der Waals surface area contributed by atoms with Gasteiger partial charge in [-0.15, -0.1) is 0 Å². The predicted octanol–water partition coefficient (Wildman–Crippen LogP) is 16.6. The van der Waals surface area contributed by atoms with Crippen LogP contribution in [0.3, 0.4) is 0 Å². The minimum atomic E-state index is 0.532. The third-order valence-corrected chi connectivity index (χ3v) is 13.0. The van der Waals surface area contributed by atoms with Crippen LogP contribution in [0.4, 0.5) is 5.69 Å². The van der Waals surface area contributed by atoms with Gasteiger partial charge in [-0.1, -0.05) is 158 Å². The van der Waals surface area contributed by atoms with E-state index in [2.05, 4.69) is 214 Å². The van der Waals surface area contributed by atoms with E-state index in [9.17, 15) is 5.26 Å². The number of rotatable bonds is 7. The molecule has 0 bridgehead atoms. The average Bonchev–Trinajstić information content (AvgIpc) is 3.90. The Hall–Kier alpha value is -9.22. The lowest BCUT2D eigenvalue weighted by Crippen LogP contribution is -2.02. The van der Waals surface area contributed by atoms with Crippen molar-refractivity contribution in [1.82, 2.24) is 9.13 Å². The molecule has 0 saturated carbocycles. The maximum atomic E-state index is 10.5. The number of hydrogen-bond donors (Lipinski definition) is 0. The van der Waals surface area contributed by atoms with Crippen LogP contribution in [-0.4, -0.2) is 9.13 Å². The summed E-state index contributed by atoms with van der Waals surface area (Å²) in [6, 6.07) is 83.3. The van der Waals surface area contributed by atoms with Crippen LogP contribution in [0, 0.1) is 17.9 Å². The van der Waals surface area contributed by atoms with Gasteiger partial charge in [-0.3, -0.25) is 0 Å². The maximum absolute atomic E-state index is 10.5. The summed E-state index contributed by atoms with van der Waals surface area (Å²) in [6.45, 7) is 8.25. The van der Waals surface area contributed by atoms with Gasteiger partial charge < -0.3 is 9.13 Å². The van der Waals surface area contributed by atoms with Gasteiger partial charge in [0.2, 0.25) is 0 Å². The van der Waals surface area contributed by atoms with Crippen molar-refractivity contribution in [3.63, 3.8) is 0 Å². The van der Waals surface area contributed by atoms with E-state index in [1.165, 1.54) is 0 Å². The van der Waals surface area contributed by atoms with E-state index >= 15 is 0 Å². The van der Waals surface area contributed by atoms with Crippen molar-refractivity contribution in [3.8, 4) is 73.1 Å². The molecule has 12 aromatic rings. The van der Waals surface area contributed by atoms with Crippen molar-refractivity contribution in [2.45, 2.75) is 0 Å². The highest BCUT2D eigenvalue weighted by molar-refractivity contribution is 6.14. The molecule has 0 aliphatic heterocycles. The van der Waals surface area contributed by atoms with Crippen molar-refractivity contribution in [3.05, 3.63) is 248 Å². The molecule has 4 nitrogen and oxygen atoms in total. The van der Waals surface area contributed by atoms with Crippen LogP contribution in [0.5, 0.6) is 0 Å². The third kappa shape index (κ3) is 6.45. The Balaban J connectivity index is 1.14. The fourth-order valence-corrected chi connectivity index (χ4v) is 9.82. The summed E-state index contributed by atoms with van der Waals surface area (Å²) < 4.78 is 4.66. The first-order chi connectivity index (χ1) is 32.6. The molecule has 306 valence electrons. The molecule has 0 N–H and O–H groups in total. The van der Waals surface area contributed by atoms with Crippen molar-refractivity contribution >= 4 is 49.3 Å². The van der Waals surface area contributed by atoms with Crippen molar-refractivity contribution in [1.29, 1.82) is 5.26 Å². The Bertz CT molecular complexity index is 3730. The fraction of sp³-hybridized carbons (Fsp3) is 0. The number of hydrogen-bond acceptors (Lipinski definition) is 1. The first kappa shape index (κ1) is 38.5. The second-order valence-electron chi connectivity index (χ2n) is 16.7. The Kier molecular flexibility index (Phi) is 9.23. The molecule has 0 saturated heterocycles. The molecule has 0 spiro atoms. The van der Waals surface area contributed by atoms with Crippen LogP contribution in [0.15, 0.2) is 231 Å². The van der Waals surface area contributed by atoms with Crippen LogP contribution in [-0.2, 0) is 0 Å². The standard InChI is InChI=1S/C62H38N4/c1-64-50-27-33-61(65-57-29-23-46(42-14-6-2-7-15-42)35-52(57)53-36-47(24-30-58(53)65)43-16-8-3-9-17-43)56(39-50)51-28-22-41(40-63)34-62(51)66-59-31-25-48(44-18-10-4-11-19-44)37-54(59)55-38-49(26-32-60(55)66)45-20-12-5-13-21-45/h2-39H. The molecule has 66 heavy (non-hydrogen) atoms. The topological polar surface area (TPSA) is 38.0 Å². The van der Waals surface area contributed by atoms with Gasteiger partial charge in [0.25, 0.3) is 0 Å². The van der Waals surface area contributed by atoms with Crippen molar-refractivity contribution in [2.24, 2.45) is 0 Å².